The van der Waals surface area contributed by atoms with E-state index in [1.165, 1.54) is 12.0 Å². The zero-order valence-electron chi connectivity index (χ0n) is 8.44. The highest BCUT2D eigenvalue weighted by atomic mass is 14.5. The Bertz CT molecular complexity index is 172. The summed E-state index contributed by atoms with van der Waals surface area (Å²) in [6.45, 7) is 11.4. The van der Waals surface area contributed by atoms with Crippen molar-refractivity contribution in [3.63, 3.8) is 0 Å². The van der Waals surface area contributed by atoms with Crippen LogP contribution in [-0.2, 0) is 0 Å². The second-order valence-electron chi connectivity index (χ2n) is 4.78. The summed E-state index contributed by atoms with van der Waals surface area (Å²) in [5, 5.41) is 0. The first-order valence-electron chi connectivity index (χ1n) is 4.62. The van der Waals surface area contributed by atoms with E-state index < -0.39 is 0 Å². The van der Waals surface area contributed by atoms with Crippen LogP contribution >= 0.6 is 0 Å². The standard InChI is InChI=1S/C11H20/c1-8(2)6-11(5)7-10(11)9(3)4/h6,9-10H,7H2,1-5H3. The molecule has 1 fully saturated rings. The van der Waals surface area contributed by atoms with Gasteiger partial charge >= 0.3 is 0 Å². The summed E-state index contributed by atoms with van der Waals surface area (Å²) in [5.74, 6) is 1.80. The predicted octanol–water partition coefficient (Wildman–Crippen LogP) is 3.63. The SMILES string of the molecule is CC(C)=CC1(C)CC1C(C)C. The smallest absolute Gasteiger partial charge is 0.0110 e. The lowest BCUT2D eigenvalue weighted by molar-refractivity contribution is 0.481. The fourth-order valence-corrected chi connectivity index (χ4v) is 2.24. The molecule has 11 heavy (non-hydrogen) atoms. The van der Waals surface area contributed by atoms with E-state index in [-0.39, 0.29) is 0 Å². The van der Waals surface area contributed by atoms with Crippen molar-refractivity contribution in [2.45, 2.75) is 41.0 Å². The summed E-state index contributed by atoms with van der Waals surface area (Å²) in [6.07, 6.45) is 3.84. The molecule has 1 aliphatic rings. The van der Waals surface area contributed by atoms with Gasteiger partial charge in [0.15, 0.2) is 0 Å². The lowest BCUT2D eigenvalue weighted by Crippen LogP contribution is -1.99. The van der Waals surface area contributed by atoms with Crippen molar-refractivity contribution in [2.75, 3.05) is 0 Å². The number of allylic oxidation sites excluding steroid dienone is 2. The molecule has 0 amide bonds. The second kappa shape index (κ2) is 2.66. The molecule has 0 aromatic carbocycles. The van der Waals surface area contributed by atoms with Crippen molar-refractivity contribution in [1.29, 1.82) is 0 Å². The molecule has 2 atom stereocenters. The summed E-state index contributed by atoms with van der Waals surface area (Å²) in [5.41, 5.74) is 2.02. The first kappa shape index (κ1) is 8.83. The maximum atomic E-state index is 2.44. The first-order chi connectivity index (χ1) is 4.96. The van der Waals surface area contributed by atoms with Gasteiger partial charge < -0.3 is 0 Å². The van der Waals surface area contributed by atoms with Crippen LogP contribution in [0.2, 0.25) is 0 Å². The van der Waals surface area contributed by atoms with Crippen LogP contribution in [-0.4, -0.2) is 0 Å². The zero-order valence-corrected chi connectivity index (χ0v) is 8.44. The molecular weight excluding hydrogens is 132 g/mol. The van der Waals surface area contributed by atoms with Gasteiger partial charge in [-0.2, -0.15) is 0 Å². The lowest BCUT2D eigenvalue weighted by Gasteiger charge is -2.08. The minimum absolute atomic E-state index is 0.549. The van der Waals surface area contributed by atoms with Crippen LogP contribution in [0.4, 0.5) is 0 Å². The van der Waals surface area contributed by atoms with Gasteiger partial charge in [0.05, 0.1) is 0 Å². The third-order valence-electron chi connectivity index (χ3n) is 2.77. The summed E-state index contributed by atoms with van der Waals surface area (Å²) in [7, 11) is 0. The zero-order chi connectivity index (χ0) is 8.65. The molecule has 0 saturated heterocycles. The van der Waals surface area contributed by atoms with Gasteiger partial charge in [-0.3, -0.25) is 0 Å². The Balaban J connectivity index is 2.56. The molecule has 1 saturated carbocycles. The van der Waals surface area contributed by atoms with Crippen LogP contribution in [0.1, 0.15) is 41.0 Å². The van der Waals surface area contributed by atoms with Crippen molar-refractivity contribution < 1.29 is 0 Å². The third-order valence-corrected chi connectivity index (χ3v) is 2.77. The Morgan fingerprint density at radius 1 is 1.45 bits per heavy atom. The quantitative estimate of drug-likeness (QED) is 0.530. The Kier molecular flexibility index (Phi) is 2.13. The molecule has 0 bridgehead atoms. The van der Waals surface area contributed by atoms with E-state index in [4.69, 9.17) is 0 Å². The summed E-state index contributed by atoms with van der Waals surface area (Å²) in [6, 6.07) is 0. The Hall–Kier alpha value is -0.260. The molecule has 0 aromatic heterocycles. The normalized spacial score (nSPS) is 35.6. The van der Waals surface area contributed by atoms with E-state index in [2.05, 4.69) is 40.7 Å². The summed E-state index contributed by atoms with van der Waals surface area (Å²) >= 11 is 0. The van der Waals surface area contributed by atoms with Crippen LogP contribution in [0.3, 0.4) is 0 Å². The van der Waals surface area contributed by atoms with E-state index >= 15 is 0 Å². The average Bonchev–Trinajstić information content (AvgIpc) is 2.39. The fourth-order valence-electron chi connectivity index (χ4n) is 2.24. The van der Waals surface area contributed by atoms with Gasteiger partial charge in [0.25, 0.3) is 0 Å². The van der Waals surface area contributed by atoms with Crippen LogP contribution in [0.5, 0.6) is 0 Å². The van der Waals surface area contributed by atoms with Gasteiger partial charge in [-0.05, 0) is 37.5 Å². The van der Waals surface area contributed by atoms with Crippen molar-refractivity contribution in [3.8, 4) is 0 Å². The molecule has 0 spiro atoms. The fraction of sp³-hybridized carbons (Fsp3) is 0.818. The third kappa shape index (κ3) is 1.85. The first-order valence-corrected chi connectivity index (χ1v) is 4.62. The van der Waals surface area contributed by atoms with Crippen LogP contribution in [0, 0.1) is 17.3 Å². The van der Waals surface area contributed by atoms with Crippen LogP contribution < -0.4 is 0 Å². The minimum atomic E-state index is 0.549. The molecule has 0 radical (unpaired) electrons. The molecule has 0 aromatic rings. The molecule has 0 nitrogen and oxygen atoms in total. The molecule has 0 heteroatoms. The molecule has 1 rings (SSSR count). The second-order valence-corrected chi connectivity index (χ2v) is 4.78. The molecule has 64 valence electrons. The van der Waals surface area contributed by atoms with Crippen LogP contribution in [0.15, 0.2) is 11.6 Å². The largest absolute Gasteiger partial charge is 0.0799 e. The van der Waals surface area contributed by atoms with Gasteiger partial charge in [0.1, 0.15) is 0 Å². The maximum absolute atomic E-state index is 2.44. The van der Waals surface area contributed by atoms with Gasteiger partial charge in [-0.15, -0.1) is 0 Å². The minimum Gasteiger partial charge on any atom is -0.0799 e. The van der Waals surface area contributed by atoms with Gasteiger partial charge in [0.2, 0.25) is 0 Å². The molecule has 0 N–H and O–H groups in total. The highest BCUT2D eigenvalue weighted by Gasteiger charge is 2.49. The molecular formula is C11H20. The Morgan fingerprint density at radius 2 is 2.00 bits per heavy atom. The maximum Gasteiger partial charge on any atom is -0.0110 e. The Morgan fingerprint density at radius 3 is 2.27 bits per heavy atom. The van der Waals surface area contributed by atoms with Crippen molar-refractivity contribution in [1.82, 2.24) is 0 Å². The highest BCUT2D eigenvalue weighted by molar-refractivity contribution is 5.16. The van der Waals surface area contributed by atoms with Crippen molar-refractivity contribution in [3.05, 3.63) is 11.6 Å². The van der Waals surface area contributed by atoms with Crippen LogP contribution in [0.25, 0.3) is 0 Å². The van der Waals surface area contributed by atoms with Gasteiger partial charge in [0, 0.05) is 0 Å². The van der Waals surface area contributed by atoms with E-state index in [0.29, 0.717) is 5.41 Å². The molecule has 0 heterocycles. The topological polar surface area (TPSA) is 0 Å². The Labute approximate surface area is 70.7 Å². The van der Waals surface area contributed by atoms with E-state index in [0.717, 1.165) is 11.8 Å². The monoisotopic (exact) mass is 152 g/mol. The summed E-state index contributed by atoms with van der Waals surface area (Å²) < 4.78 is 0. The average molecular weight is 152 g/mol. The number of rotatable bonds is 2. The highest BCUT2D eigenvalue weighted by Crippen LogP contribution is 2.57. The van der Waals surface area contributed by atoms with Gasteiger partial charge in [-0.1, -0.05) is 32.4 Å². The lowest BCUT2D eigenvalue weighted by atomic mass is 9.97. The van der Waals surface area contributed by atoms with Crippen molar-refractivity contribution >= 4 is 0 Å². The molecule has 1 aliphatic carbocycles. The van der Waals surface area contributed by atoms with Crippen molar-refractivity contribution in [2.24, 2.45) is 17.3 Å². The number of hydrogen-bond acceptors (Lipinski definition) is 0. The predicted molar refractivity (Wildman–Crippen MR) is 50.5 cm³/mol. The van der Waals surface area contributed by atoms with E-state index in [1.807, 2.05) is 0 Å². The van der Waals surface area contributed by atoms with E-state index in [9.17, 15) is 0 Å². The summed E-state index contributed by atoms with van der Waals surface area (Å²) in [4.78, 5) is 0. The van der Waals surface area contributed by atoms with Gasteiger partial charge in [-0.25, -0.2) is 0 Å². The molecule has 0 aliphatic heterocycles. The van der Waals surface area contributed by atoms with E-state index in [1.54, 1.807) is 0 Å². The number of hydrogen-bond donors (Lipinski definition) is 0. The molecule has 2 unspecified atom stereocenters.